The maximum Gasteiger partial charge on any atom is 0.132 e. The number of rotatable bonds is 5. The van der Waals surface area contributed by atoms with Crippen LogP contribution in [0.3, 0.4) is 0 Å². The number of benzene rings is 1. The van der Waals surface area contributed by atoms with Gasteiger partial charge < -0.3 is 14.6 Å². The molecule has 1 aromatic carbocycles. The van der Waals surface area contributed by atoms with E-state index >= 15 is 0 Å². The normalized spacial score (nSPS) is 15.5. The molecule has 1 aliphatic heterocycles. The fourth-order valence-electron chi connectivity index (χ4n) is 3.41. The SMILES string of the molecule is COc1cccc(-c2cc(N3CCCN(Cc4ncc[nH]4)CC3)ncn2)c1. The highest BCUT2D eigenvalue weighted by atomic mass is 16.5. The summed E-state index contributed by atoms with van der Waals surface area (Å²) in [6, 6.07) is 10.0. The van der Waals surface area contributed by atoms with E-state index in [1.165, 1.54) is 0 Å². The second-order valence-corrected chi connectivity index (χ2v) is 6.65. The number of aromatic nitrogens is 4. The van der Waals surface area contributed by atoms with Crippen molar-refractivity contribution in [2.45, 2.75) is 13.0 Å². The molecular formula is C20H24N6O. The summed E-state index contributed by atoms with van der Waals surface area (Å²) in [6.07, 6.45) is 6.43. The average molecular weight is 364 g/mol. The van der Waals surface area contributed by atoms with Crippen LogP contribution in [-0.4, -0.2) is 58.1 Å². The molecule has 4 rings (SSSR count). The molecule has 3 heterocycles. The van der Waals surface area contributed by atoms with Gasteiger partial charge in [0.1, 0.15) is 23.7 Å². The van der Waals surface area contributed by atoms with Gasteiger partial charge in [0.15, 0.2) is 0 Å². The highest BCUT2D eigenvalue weighted by Gasteiger charge is 2.17. The Kier molecular flexibility index (Phi) is 5.29. The van der Waals surface area contributed by atoms with Gasteiger partial charge in [0.05, 0.1) is 19.3 Å². The van der Waals surface area contributed by atoms with Crippen molar-refractivity contribution in [1.82, 2.24) is 24.8 Å². The fraction of sp³-hybridized carbons (Fsp3) is 0.350. The molecule has 2 aromatic heterocycles. The zero-order chi connectivity index (χ0) is 18.5. The molecule has 0 saturated carbocycles. The number of hydrogen-bond acceptors (Lipinski definition) is 6. The van der Waals surface area contributed by atoms with Crippen LogP contribution >= 0.6 is 0 Å². The van der Waals surface area contributed by atoms with Gasteiger partial charge in [-0.05, 0) is 18.6 Å². The van der Waals surface area contributed by atoms with Gasteiger partial charge in [-0.3, -0.25) is 4.90 Å². The smallest absolute Gasteiger partial charge is 0.132 e. The van der Waals surface area contributed by atoms with Crippen LogP contribution in [0.4, 0.5) is 5.82 Å². The van der Waals surface area contributed by atoms with Crippen LogP contribution < -0.4 is 9.64 Å². The molecule has 1 fully saturated rings. The summed E-state index contributed by atoms with van der Waals surface area (Å²) in [5.41, 5.74) is 1.95. The quantitative estimate of drug-likeness (QED) is 0.750. The van der Waals surface area contributed by atoms with E-state index in [-0.39, 0.29) is 0 Å². The Labute approximate surface area is 159 Å². The molecule has 1 saturated heterocycles. The lowest BCUT2D eigenvalue weighted by atomic mass is 10.1. The van der Waals surface area contributed by atoms with E-state index in [0.29, 0.717) is 0 Å². The van der Waals surface area contributed by atoms with Crippen molar-refractivity contribution in [2.24, 2.45) is 0 Å². The van der Waals surface area contributed by atoms with Crippen molar-refractivity contribution in [3.63, 3.8) is 0 Å². The molecule has 7 heteroatoms. The Morgan fingerprint density at radius 2 is 2.04 bits per heavy atom. The van der Waals surface area contributed by atoms with E-state index in [4.69, 9.17) is 4.74 Å². The molecule has 140 valence electrons. The first-order valence-electron chi connectivity index (χ1n) is 9.24. The molecule has 0 aliphatic carbocycles. The first kappa shape index (κ1) is 17.5. The van der Waals surface area contributed by atoms with Crippen molar-refractivity contribution in [2.75, 3.05) is 38.2 Å². The standard InChI is InChI=1S/C20H24N6O/c1-27-17-5-2-4-16(12-17)18-13-20(24-15-23-18)26-9-3-8-25(10-11-26)14-19-21-6-7-22-19/h2,4-7,12-13,15H,3,8-11,14H2,1H3,(H,21,22). The van der Waals surface area contributed by atoms with Crippen LogP contribution in [0, 0.1) is 0 Å². The van der Waals surface area contributed by atoms with E-state index in [1.54, 1.807) is 19.6 Å². The number of ether oxygens (including phenoxy) is 1. The lowest BCUT2D eigenvalue weighted by Crippen LogP contribution is -2.31. The Bertz CT molecular complexity index is 866. The third kappa shape index (κ3) is 4.25. The number of anilines is 1. The second-order valence-electron chi connectivity index (χ2n) is 6.65. The minimum absolute atomic E-state index is 0.830. The lowest BCUT2D eigenvalue weighted by Gasteiger charge is -2.22. The molecular weight excluding hydrogens is 340 g/mol. The maximum absolute atomic E-state index is 5.33. The third-order valence-electron chi connectivity index (χ3n) is 4.86. The van der Waals surface area contributed by atoms with E-state index < -0.39 is 0 Å². The molecule has 0 bridgehead atoms. The molecule has 27 heavy (non-hydrogen) atoms. The van der Waals surface area contributed by atoms with Crippen molar-refractivity contribution in [1.29, 1.82) is 0 Å². The van der Waals surface area contributed by atoms with Crippen molar-refractivity contribution in [3.8, 4) is 17.0 Å². The first-order valence-corrected chi connectivity index (χ1v) is 9.24. The Hall–Kier alpha value is -2.93. The monoisotopic (exact) mass is 364 g/mol. The number of nitrogens with one attached hydrogen (secondary N) is 1. The summed E-state index contributed by atoms with van der Waals surface area (Å²) < 4.78 is 5.33. The molecule has 0 radical (unpaired) electrons. The summed E-state index contributed by atoms with van der Waals surface area (Å²) in [6.45, 7) is 4.84. The van der Waals surface area contributed by atoms with E-state index in [0.717, 1.165) is 67.8 Å². The molecule has 0 amide bonds. The predicted octanol–water partition coefficient (Wildman–Crippen LogP) is 2.59. The van der Waals surface area contributed by atoms with E-state index in [9.17, 15) is 0 Å². The van der Waals surface area contributed by atoms with Crippen LogP contribution in [0.2, 0.25) is 0 Å². The van der Waals surface area contributed by atoms with Crippen LogP contribution in [0.25, 0.3) is 11.3 Å². The zero-order valence-electron chi connectivity index (χ0n) is 15.5. The van der Waals surface area contributed by atoms with Gasteiger partial charge in [-0.25, -0.2) is 15.0 Å². The van der Waals surface area contributed by atoms with Gasteiger partial charge >= 0.3 is 0 Å². The number of imidazole rings is 1. The van der Waals surface area contributed by atoms with Crippen molar-refractivity contribution >= 4 is 5.82 Å². The molecule has 3 aromatic rings. The van der Waals surface area contributed by atoms with E-state index in [2.05, 4.69) is 35.8 Å². The largest absolute Gasteiger partial charge is 0.497 e. The average Bonchev–Trinajstić information content (AvgIpc) is 3.12. The van der Waals surface area contributed by atoms with Gasteiger partial charge in [0.2, 0.25) is 0 Å². The zero-order valence-corrected chi connectivity index (χ0v) is 15.5. The Morgan fingerprint density at radius 1 is 1.07 bits per heavy atom. The number of H-pyrrole nitrogens is 1. The summed E-state index contributed by atoms with van der Waals surface area (Å²) >= 11 is 0. The van der Waals surface area contributed by atoms with Gasteiger partial charge in [0.25, 0.3) is 0 Å². The van der Waals surface area contributed by atoms with Gasteiger partial charge in [-0.15, -0.1) is 0 Å². The minimum atomic E-state index is 0.830. The van der Waals surface area contributed by atoms with Crippen molar-refractivity contribution < 1.29 is 4.74 Å². The summed E-state index contributed by atoms with van der Waals surface area (Å²) in [4.78, 5) is 21.3. The first-order chi connectivity index (χ1) is 13.3. The lowest BCUT2D eigenvalue weighted by molar-refractivity contribution is 0.279. The molecule has 0 spiro atoms. The summed E-state index contributed by atoms with van der Waals surface area (Å²) in [5.74, 6) is 2.82. The molecule has 1 N–H and O–H groups in total. The van der Waals surface area contributed by atoms with Crippen LogP contribution in [-0.2, 0) is 6.54 Å². The Balaban J connectivity index is 1.47. The molecule has 0 atom stereocenters. The van der Waals surface area contributed by atoms with Gasteiger partial charge in [-0.1, -0.05) is 12.1 Å². The molecule has 1 aliphatic rings. The van der Waals surface area contributed by atoms with Crippen LogP contribution in [0.1, 0.15) is 12.2 Å². The fourth-order valence-corrected chi connectivity index (χ4v) is 3.41. The number of hydrogen-bond donors (Lipinski definition) is 1. The number of nitrogens with zero attached hydrogens (tertiary/aromatic N) is 5. The minimum Gasteiger partial charge on any atom is -0.497 e. The summed E-state index contributed by atoms with van der Waals surface area (Å²) in [7, 11) is 1.68. The molecule has 0 unspecified atom stereocenters. The Morgan fingerprint density at radius 3 is 2.89 bits per heavy atom. The van der Waals surface area contributed by atoms with Gasteiger partial charge in [0, 0.05) is 50.2 Å². The van der Waals surface area contributed by atoms with Crippen molar-refractivity contribution in [3.05, 3.63) is 54.9 Å². The highest BCUT2D eigenvalue weighted by molar-refractivity contribution is 5.64. The molecule has 7 nitrogen and oxygen atoms in total. The summed E-state index contributed by atoms with van der Waals surface area (Å²) in [5, 5.41) is 0. The number of methoxy groups -OCH3 is 1. The maximum atomic E-state index is 5.33. The number of aromatic amines is 1. The van der Waals surface area contributed by atoms with Crippen LogP contribution in [0.15, 0.2) is 49.1 Å². The predicted molar refractivity (Wildman–Crippen MR) is 105 cm³/mol. The highest BCUT2D eigenvalue weighted by Crippen LogP contribution is 2.24. The van der Waals surface area contributed by atoms with E-state index in [1.807, 2.05) is 30.5 Å². The van der Waals surface area contributed by atoms with Crippen LogP contribution in [0.5, 0.6) is 5.75 Å². The topological polar surface area (TPSA) is 70.2 Å². The third-order valence-corrected chi connectivity index (χ3v) is 4.86. The second kappa shape index (κ2) is 8.18. The van der Waals surface area contributed by atoms with Gasteiger partial charge in [-0.2, -0.15) is 0 Å².